The Kier molecular flexibility index (Phi) is 4.96. The highest BCUT2D eigenvalue weighted by Crippen LogP contribution is 2.27. The molecule has 0 saturated carbocycles. The molecule has 1 aromatic heterocycles. The van der Waals surface area contributed by atoms with Gasteiger partial charge in [0.1, 0.15) is 22.5 Å². The van der Waals surface area contributed by atoms with Crippen LogP contribution in [0.25, 0.3) is 11.1 Å². The molecule has 0 spiro atoms. The third-order valence-corrected chi connectivity index (χ3v) is 3.81. The lowest BCUT2D eigenvalue weighted by molar-refractivity contribution is 0.414. The maximum Gasteiger partial charge on any atom is 0.132 e. The van der Waals surface area contributed by atoms with Crippen molar-refractivity contribution in [1.82, 2.24) is 4.98 Å². The van der Waals surface area contributed by atoms with E-state index < -0.39 is 0 Å². The van der Waals surface area contributed by atoms with Gasteiger partial charge in [-0.25, -0.2) is 9.37 Å². The van der Waals surface area contributed by atoms with Gasteiger partial charge in [-0.3, -0.25) is 0 Å². The van der Waals surface area contributed by atoms with Crippen LogP contribution in [0.4, 0.5) is 10.2 Å². The van der Waals surface area contributed by atoms with Gasteiger partial charge in [0.05, 0.1) is 7.11 Å². The Hall–Kier alpha value is -2.59. The second kappa shape index (κ2) is 7.32. The lowest BCUT2D eigenvalue weighted by Crippen LogP contribution is -2.02. The van der Waals surface area contributed by atoms with Gasteiger partial charge >= 0.3 is 0 Å². The van der Waals surface area contributed by atoms with Crippen LogP contribution in [0.2, 0.25) is 5.15 Å². The standard InChI is InChI=1S/C19H16ClFN2O/c1-24-15-8-6-13(7-9-15)12-22-19-11-14(10-18(20)23-19)16-4-2-3-5-17(16)21/h2-11H,12H2,1H3,(H,22,23). The lowest BCUT2D eigenvalue weighted by Gasteiger charge is -2.10. The summed E-state index contributed by atoms with van der Waals surface area (Å²) < 4.78 is 19.1. The van der Waals surface area contributed by atoms with Gasteiger partial charge in [-0.15, -0.1) is 0 Å². The molecule has 3 nitrogen and oxygen atoms in total. The number of rotatable bonds is 5. The zero-order chi connectivity index (χ0) is 16.9. The SMILES string of the molecule is COc1ccc(CNc2cc(-c3ccccc3F)cc(Cl)n2)cc1. The van der Waals surface area contributed by atoms with Crippen molar-refractivity contribution in [2.45, 2.75) is 6.54 Å². The average Bonchev–Trinajstić information content (AvgIpc) is 2.60. The molecule has 0 radical (unpaired) electrons. The van der Waals surface area contributed by atoms with Crippen molar-refractivity contribution in [1.29, 1.82) is 0 Å². The third-order valence-electron chi connectivity index (χ3n) is 3.61. The van der Waals surface area contributed by atoms with Crippen LogP contribution in [-0.2, 0) is 6.54 Å². The predicted molar refractivity (Wildman–Crippen MR) is 95.0 cm³/mol. The van der Waals surface area contributed by atoms with Gasteiger partial charge in [0.2, 0.25) is 0 Å². The van der Waals surface area contributed by atoms with Crippen LogP contribution < -0.4 is 10.1 Å². The number of nitrogens with one attached hydrogen (secondary N) is 1. The molecule has 0 unspecified atom stereocenters. The molecule has 0 aliphatic carbocycles. The minimum Gasteiger partial charge on any atom is -0.497 e. The third kappa shape index (κ3) is 3.84. The summed E-state index contributed by atoms with van der Waals surface area (Å²) >= 11 is 6.08. The highest BCUT2D eigenvalue weighted by molar-refractivity contribution is 6.29. The summed E-state index contributed by atoms with van der Waals surface area (Å²) in [5, 5.41) is 3.52. The van der Waals surface area contributed by atoms with Crippen molar-refractivity contribution in [2.75, 3.05) is 12.4 Å². The van der Waals surface area contributed by atoms with Gasteiger partial charge in [-0.05, 0) is 41.5 Å². The Morgan fingerprint density at radius 3 is 2.54 bits per heavy atom. The number of halogens is 2. The van der Waals surface area contributed by atoms with E-state index in [2.05, 4.69) is 10.3 Å². The fourth-order valence-electron chi connectivity index (χ4n) is 2.37. The molecule has 0 saturated heterocycles. The van der Waals surface area contributed by atoms with Crippen LogP contribution in [0.1, 0.15) is 5.56 Å². The highest BCUT2D eigenvalue weighted by Gasteiger charge is 2.08. The molecule has 1 heterocycles. The molecule has 122 valence electrons. The molecule has 0 amide bonds. The Bertz CT molecular complexity index is 837. The van der Waals surface area contributed by atoms with Crippen molar-refractivity contribution < 1.29 is 9.13 Å². The number of hydrogen-bond acceptors (Lipinski definition) is 3. The number of hydrogen-bond donors (Lipinski definition) is 1. The first-order valence-corrected chi connectivity index (χ1v) is 7.83. The van der Waals surface area contributed by atoms with Crippen LogP contribution in [0.3, 0.4) is 0 Å². The predicted octanol–water partition coefficient (Wildman–Crippen LogP) is 5.16. The van der Waals surface area contributed by atoms with Crippen LogP contribution in [0, 0.1) is 5.82 Å². The molecule has 0 aliphatic heterocycles. The van der Waals surface area contributed by atoms with Crippen LogP contribution in [0.15, 0.2) is 60.7 Å². The molecule has 3 aromatic rings. The van der Waals surface area contributed by atoms with Gasteiger partial charge in [0.15, 0.2) is 0 Å². The van der Waals surface area contributed by atoms with Crippen molar-refractivity contribution in [2.24, 2.45) is 0 Å². The second-order valence-corrected chi connectivity index (χ2v) is 5.63. The van der Waals surface area contributed by atoms with Crippen LogP contribution >= 0.6 is 11.6 Å². The van der Waals surface area contributed by atoms with Gasteiger partial charge in [-0.2, -0.15) is 0 Å². The number of methoxy groups -OCH3 is 1. The summed E-state index contributed by atoms with van der Waals surface area (Å²) in [4.78, 5) is 4.24. The molecule has 0 atom stereocenters. The molecule has 0 bridgehead atoms. The summed E-state index contributed by atoms with van der Waals surface area (Å²) in [7, 11) is 1.63. The topological polar surface area (TPSA) is 34.1 Å². The molecule has 24 heavy (non-hydrogen) atoms. The number of anilines is 1. The first kappa shape index (κ1) is 16.3. The molecule has 0 aliphatic rings. The number of benzene rings is 2. The fourth-order valence-corrected chi connectivity index (χ4v) is 2.58. The number of aromatic nitrogens is 1. The smallest absolute Gasteiger partial charge is 0.132 e. The number of nitrogens with zero attached hydrogens (tertiary/aromatic N) is 1. The van der Waals surface area contributed by atoms with E-state index >= 15 is 0 Å². The Balaban J connectivity index is 1.80. The van der Waals surface area contributed by atoms with Crippen molar-refractivity contribution in [3.63, 3.8) is 0 Å². The summed E-state index contributed by atoms with van der Waals surface area (Å²) in [6, 6.07) is 17.7. The second-order valence-electron chi connectivity index (χ2n) is 5.25. The van der Waals surface area contributed by atoms with Crippen LogP contribution in [0.5, 0.6) is 5.75 Å². The molecule has 0 fully saturated rings. The van der Waals surface area contributed by atoms with E-state index in [0.717, 1.165) is 11.3 Å². The lowest BCUT2D eigenvalue weighted by atomic mass is 10.1. The zero-order valence-corrected chi connectivity index (χ0v) is 13.8. The van der Waals surface area contributed by atoms with E-state index in [1.807, 2.05) is 24.3 Å². The van der Waals surface area contributed by atoms with Gasteiger partial charge < -0.3 is 10.1 Å². The summed E-state index contributed by atoms with van der Waals surface area (Å²) in [5.41, 5.74) is 2.25. The summed E-state index contributed by atoms with van der Waals surface area (Å²) in [5.74, 6) is 1.11. The maximum absolute atomic E-state index is 14.0. The van der Waals surface area contributed by atoms with Crippen molar-refractivity contribution in [3.05, 3.63) is 77.2 Å². The van der Waals surface area contributed by atoms with Crippen LogP contribution in [-0.4, -0.2) is 12.1 Å². The Morgan fingerprint density at radius 1 is 1.08 bits per heavy atom. The average molecular weight is 343 g/mol. The zero-order valence-electron chi connectivity index (χ0n) is 13.1. The first-order chi connectivity index (χ1) is 11.7. The summed E-state index contributed by atoms with van der Waals surface area (Å²) in [6.07, 6.45) is 0. The largest absolute Gasteiger partial charge is 0.497 e. The van der Waals surface area contributed by atoms with Crippen molar-refractivity contribution in [3.8, 4) is 16.9 Å². The Morgan fingerprint density at radius 2 is 1.83 bits per heavy atom. The molecular weight excluding hydrogens is 327 g/mol. The maximum atomic E-state index is 14.0. The van der Waals surface area contributed by atoms with Gasteiger partial charge in [0.25, 0.3) is 0 Å². The molecule has 5 heteroatoms. The molecule has 3 rings (SSSR count). The van der Waals surface area contributed by atoms with Crippen molar-refractivity contribution >= 4 is 17.4 Å². The molecular formula is C19H16ClFN2O. The number of ether oxygens (including phenoxy) is 1. The normalized spacial score (nSPS) is 10.5. The fraction of sp³-hybridized carbons (Fsp3) is 0.105. The van der Waals surface area contributed by atoms with E-state index in [9.17, 15) is 4.39 Å². The molecule has 1 N–H and O–H groups in total. The molecule has 2 aromatic carbocycles. The monoisotopic (exact) mass is 342 g/mol. The van der Waals surface area contributed by atoms with E-state index in [0.29, 0.717) is 28.6 Å². The number of pyridine rings is 1. The first-order valence-electron chi connectivity index (χ1n) is 7.45. The highest BCUT2D eigenvalue weighted by atomic mass is 35.5. The van der Waals surface area contributed by atoms with E-state index in [4.69, 9.17) is 16.3 Å². The van der Waals surface area contributed by atoms with E-state index in [1.54, 1.807) is 37.4 Å². The quantitative estimate of drug-likeness (QED) is 0.650. The van der Waals surface area contributed by atoms with Gasteiger partial charge in [-0.1, -0.05) is 41.9 Å². The Labute approximate surface area is 145 Å². The summed E-state index contributed by atoms with van der Waals surface area (Å²) in [6.45, 7) is 0.577. The van der Waals surface area contributed by atoms with E-state index in [-0.39, 0.29) is 5.82 Å². The van der Waals surface area contributed by atoms with Gasteiger partial charge in [0, 0.05) is 12.1 Å². The van der Waals surface area contributed by atoms with E-state index in [1.165, 1.54) is 6.07 Å². The minimum atomic E-state index is -0.291. The minimum absolute atomic E-state index is 0.291.